The second-order valence-electron chi connectivity index (χ2n) is 5.83. The molecule has 0 aliphatic carbocycles. The number of rotatable bonds is 6. The lowest BCUT2D eigenvalue weighted by atomic mass is 10.1. The molecule has 0 atom stereocenters. The molecular weight excluding hydrogens is 336 g/mol. The maximum atomic E-state index is 12.6. The Kier molecular flexibility index (Phi) is 6.59. The first-order valence-electron chi connectivity index (χ1n) is 8.33. The molecule has 5 heteroatoms. The standard InChI is InChI=1S/C20H23ClN2O2/c1-4-22(18-8-6-5-7-9-18)20(25)12-13-23(16(3)24)19-11-10-17(21)14-15(19)2/h5-11,14H,4,12-13H2,1-3H3. The normalized spacial score (nSPS) is 10.4. The molecule has 2 aromatic rings. The maximum absolute atomic E-state index is 12.6. The van der Waals surface area contributed by atoms with E-state index in [-0.39, 0.29) is 18.2 Å². The fourth-order valence-corrected chi connectivity index (χ4v) is 3.05. The summed E-state index contributed by atoms with van der Waals surface area (Å²) in [7, 11) is 0. The number of carbonyl (C=O) groups excluding carboxylic acids is 2. The van der Waals surface area contributed by atoms with Gasteiger partial charge in [0.15, 0.2) is 0 Å². The van der Waals surface area contributed by atoms with Crippen LogP contribution >= 0.6 is 11.6 Å². The third kappa shape index (κ3) is 4.83. The van der Waals surface area contributed by atoms with Crippen molar-refractivity contribution in [2.45, 2.75) is 27.2 Å². The average molecular weight is 359 g/mol. The molecule has 0 heterocycles. The van der Waals surface area contributed by atoms with Gasteiger partial charge in [0, 0.05) is 42.8 Å². The molecule has 0 N–H and O–H groups in total. The van der Waals surface area contributed by atoms with Gasteiger partial charge in [0.2, 0.25) is 11.8 Å². The summed E-state index contributed by atoms with van der Waals surface area (Å²) in [6, 6.07) is 14.9. The molecule has 2 rings (SSSR count). The van der Waals surface area contributed by atoms with Crippen LogP contribution in [0.2, 0.25) is 5.02 Å². The second-order valence-corrected chi connectivity index (χ2v) is 6.26. The summed E-state index contributed by atoms with van der Waals surface area (Å²) in [5.74, 6) is -0.104. The zero-order valence-corrected chi connectivity index (χ0v) is 15.6. The first kappa shape index (κ1) is 19.0. The topological polar surface area (TPSA) is 40.6 Å². The van der Waals surface area contributed by atoms with Gasteiger partial charge < -0.3 is 9.80 Å². The van der Waals surface area contributed by atoms with E-state index in [1.807, 2.05) is 56.3 Å². The summed E-state index contributed by atoms with van der Waals surface area (Å²) in [5.41, 5.74) is 2.56. The molecule has 4 nitrogen and oxygen atoms in total. The van der Waals surface area contributed by atoms with Crippen molar-refractivity contribution in [3.8, 4) is 0 Å². The molecule has 0 fully saturated rings. The fraction of sp³-hybridized carbons (Fsp3) is 0.300. The van der Waals surface area contributed by atoms with Gasteiger partial charge in [0.05, 0.1) is 0 Å². The Morgan fingerprint density at radius 1 is 1.04 bits per heavy atom. The molecule has 0 aromatic heterocycles. The number of amides is 2. The van der Waals surface area contributed by atoms with Gasteiger partial charge in [0.25, 0.3) is 0 Å². The number of halogens is 1. The lowest BCUT2D eigenvalue weighted by Crippen LogP contribution is -2.36. The van der Waals surface area contributed by atoms with Crippen LogP contribution in [-0.4, -0.2) is 24.9 Å². The van der Waals surface area contributed by atoms with E-state index in [0.717, 1.165) is 16.9 Å². The highest BCUT2D eigenvalue weighted by atomic mass is 35.5. The summed E-state index contributed by atoms with van der Waals surface area (Å²) in [6.45, 7) is 6.27. The third-order valence-corrected chi connectivity index (χ3v) is 4.30. The molecule has 2 amide bonds. The van der Waals surface area contributed by atoms with Gasteiger partial charge in [-0.05, 0) is 49.7 Å². The molecule has 132 valence electrons. The Balaban J connectivity index is 2.13. The Hall–Kier alpha value is -2.33. The van der Waals surface area contributed by atoms with Gasteiger partial charge in [-0.2, -0.15) is 0 Å². The molecule has 0 aliphatic heterocycles. The van der Waals surface area contributed by atoms with Crippen molar-refractivity contribution < 1.29 is 9.59 Å². The molecule has 0 spiro atoms. The summed E-state index contributed by atoms with van der Waals surface area (Å²) in [5, 5.41) is 0.627. The number of hydrogen-bond acceptors (Lipinski definition) is 2. The maximum Gasteiger partial charge on any atom is 0.228 e. The Bertz CT molecular complexity index is 747. The van der Waals surface area contributed by atoms with E-state index in [9.17, 15) is 9.59 Å². The highest BCUT2D eigenvalue weighted by molar-refractivity contribution is 6.30. The van der Waals surface area contributed by atoms with Crippen LogP contribution in [0.5, 0.6) is 0 Å². The van der Waals surface area contributed by atoms with Crippen molar-refractivity contribution in [3.05, 3.63) is 59.1 Å². The van der Waals surface area contributed by atoms with Gasteiger partial charge in [-0.3, -0.25) is 9.59 Å². The highest BCUT2D eigenvalue weighted by Crippen LogP contribution is 2.24. The molecule has 0 saturated carbocycles. The SMILES string of the molecule is CCN(C(=O)CCN(C(C)=O)c1ccc(Cl)cc1C)c1ccccc1. The fourth-order valence-electron chi connectivity index (χ4n) is 2.82. The molecule has 0 saturated heterocycles. The van der Waals surface area contributed by atoms with Gasteiger partial charge in [-0.1, -0.05) is 29.8 Å². The van der Waals surface area contributed by atoms with E-state index in [1.54, 1.807) is 15.9 Å². The number of para-hydroxylation sites is 1. The minimum absolute atomic E-state index is 0.00781. The van der Waals surface area contributed by atoms with Crippen LogP contribution in [0.15, 0.2) is 48.5 Å². The number of benzene rings is 2. The zero-order chi connectivity index (χ0) is 18.4. The molecule has 0 unspecified atom stereocenters. The van der Waals surface area contributed by atoms with E-state index in [4.69, 9.17) is 11.6 Å². The number of anilines is 2. The summed E-state index contributed by atoms with van der Waals surface area (Å²) in [6.07, 6.45) is 0.254. The summed E-state index contributed by atoms with van der Waals surface area (Å²) >= 11 is 5.99. The largest absolute Gasteiger partial charge is 0.313 e. The number of hydrogen-bond donors (Lipinski definition) is 0. The number of aryl methyl sites for hydroxylation is 1. The van der Waals surface area contributed by atoms with Crippen LogP contribution < -0.4 is 9.80 Å². The second kappa shape index (κ2) is 8.67. The number of carbonyl (C=O) groups is 2. The highest BCUT2D eigenvalue weighted by Gasteiger charge is 2.19. The minimum atomic E-state index is -0.0963. The van der Waals surface area contributed by atoms with Crippen LogP contribution in [-0.2, 0) is 9.59 Å². The van der Waals surface area contributed by atoms with E-state index in [2.05, 4.69) is 0 Å². The lowest BCUT2D eigenvalue weighted by molar-refractivity contribution is -0.118. The number of nitrogens with zero attached hydrogens (tertiary/aromatic N) is 2. The quantitative estimate of drug-likeness (QED) is 0.765. The van der Waals surface area contributed by atoms with Crippen LogP contribution in [0.1, 0.15) is 25.8 Å². The minimum Gasteiger partial charge on any atom is -0.313 e. The Morgan fingerprint density at radius 2 is 1.72 bits per heavy atom. The van der Waals surface area contributed by atoms with Crippen molar-refractivity contribution in [2.75, 3.05) is 22.9 Å². The van der Waals surface area contributed by atoms with Crippen molar-refractivity contribution in [3.63, 3.8) is 0 Å². The van der Waals surface area contributed by atoms with Gasteiger partial charge in [0.1, 0.15) is 0 Å². The Labute approximate surface area is 154 Å². The molecule has 25 heavy (non-hydrogen) atoms. The molecule has 0 bridgehead atoms. The first-order chi connectivity index (χ1) is 11.9. The van der Waals surface area contributed by atoms with Crippen LogP contribution in [0.4, 0.5) is 11.4 Å². The van der Waals surface area contributed by atoms with E-state index < -0.39 is 0 Å². The first-order valence-corrected chi connectivity index (χ1v) is 8.71. The smallest absolute Gasteiger partial charge is 0.228 e. The third-order valence-electron chi connectivity index (χ3n) is 4.06. The summed E-state index contributed by atoms with van der Waals surface area (Å²) < 4.78 is 0. The Morgan fingerprint density at radius 3 is 2.28 bits per heavy atom. The van der Waals surface area contributed by atoms with Crippen molar-refractivity contribution >= 4 is 34.8 Å². The monoisotopic (exact) mass is 358 g/mol. The van der Waals surface area contributed by atoms with Gasteiger partial charge in [-0.15, -0.1) is 0 Å². The average Bonchev–Trinajstić information content (AvgIpc) is 2.58. The molecule has 0 radical (unpaired) electrons. The van der Waals surface area contributed by atoms with E-state index in [1.165, 1.54) is 6.92 Å². The molecule has 2 aromatic carbocycles. The van der Waals surface area contributed by atoms with Crippen LogP contribution in [0.3, 0.4) is 0 Å². The summed E-state index contributed by atoms with van der Waals surface area (Å²) in [4.78, 5) is 28.1. The molecular formula is C20H23ClN2O2. The van der Waals surface area contributed by atoms with Gasteiger partial charge in [-0.25, -0.2) is 0 Å². The predicted octanol–water partition coefficient (Wildman–Crippen LogP) is 4.44. The van der Waals surface area contributed by atoms with Gasteiger partial charge >= 0.3 is 0 Å². The van der Waals surface area contributed by atoms with E-state index in [0.29, 0.717) is 18.1 Å². The van der Waals surface area contributed by atoms with E-state index >= 15 is 0 Å². The van der Waals surface area contributed by atoms with Crippen LogP contribution in [0, 0.1) is 6.92 Å². The van der Waals surface area contributed by atoms with Crippen molar-refractivity contribution in [1.29, 1.82) is 0 Å². The van der Waals surface area contributed by atoms with Crippen LogP contribution in [0.25, 0.3) is 0 Å². The lowest BCUT2D eigenvalue weighted by Gasteiger charge is -2.26. The molecule has 0 aliphatic rings. The van der Waals surface area contributed by atoms with Crippen molar-refractivity contribution in [2.24, 2.45) is 0 Å². The van der Waals surface area contributed by atoms with Crippen molar-refractivity contribution in [1.82, 2.24) is 0 Å². The zero-order valence-electron chi connectivity index (χ0n) is 14.8. The predicted molar refractivity (Wildman–Crippen MR) is 103 cm³/mol.